The zero-order chi connectivity index (χ0) is 11.4. The number of hydrogen-bond donors (Lipinski definition) is 1. The van der Waals surface area contributed by atoms with Gasteiger partial charge in [-0.25, -0.2) is 4.98 Å². The molecule has 16 heavy (non-hydrogen) atoms. The molecule has 0 radical (unpaired) electrons. The molecule has 0 aromatic carbocycles. The number of nitrogens with two attached hydrogens (primary N) is 1. The molecular formula is C12H19N3O. The first kappa shape index (κ1) is 11.4. The molecule has 88 valence electrons. The zero-order valence-electron chi connectivity index (χ0n) is 9.72. The number of likely N-dealkylation sites (N-methyl/N-ethyl adjacent to an activating group) is 1. The summed E-state index contributed by atoms with van der Waals surface area (Å²) in [6, 6.07) is 4.61. The highest BCUT2D eigenvalue weighted by Crippen LogP contribution is 2.24. The molecule has 2 rings (SSSR count). The Bertz CT molecular complexity index is 322. The average Bonchev–Trinajstić information content (AvgIpc) is 3.14. The van der Waals surface area contributed by atoms with Crippen LogP contribution < -0.4 is 10.5 Å². The number of hydrogen-bond acceptors (Lipinski definition) is 4. The van der Waals surface area contributed by atoms with Crippen molar-refractivity contribution in [3.05, 3.63) is 23.9 Å². The van der Waals surface area contributed by atoms with Gasteiger partial charge in [0, 0.05) is 31.4 Å². The molecule has 1 aromatic rings. The first-order valence-electron chi connectivity index (χ1n) is 5.77. The maximum atomic E-state index is 5.56. The monoisotopic (exact) mass is 221 g/mol. The molecule has 1 aliphatic rings. The van der Waals surface area contributed by atoms with Crippen LogP contribution in [0.1, 0.15) is 18.4 Å². The minimum absolute atomic E-state index is 0.525. The van der Waals surface area contributed by atoms with Crippen molar-refractivity contribution in [2.24, 2.45) is 5.73 Å². The second kappa shape index (κ2) is 5.27. The van der Waals surface area contributed by atoms with E-state index in [-0.39, 0.29) is 0 Å². The summed E-state index contributed by atoms with van der Waals surface area (Å²) in [4.78, 5) is 6.53. The van der Waals surface area contributed by atoms with Crippen LogP contribution in [0.3, 0.4) is 0 Å². The molecule has 1 heterocycles. The number of pyridine rings is 1. The molecule has 4 heteroatoms. The van der Waals surface area contributed by atoms with Crippen molar-refractivity contribution < 1.29 is 4.74 Å². The summed E-state index contributed by atoms with van der Waals surface area (Å²) in [7, 11) is 2.14. The molecular weight excluding hydrogens is 202 g/mol. The van der Waals surface area contributed by atoms with Crippen molar-refractivity contribution in [2.45, 2.75) is 25.4 Å². The summed E-state index contributed by atoms with van der Waals surface area (Å²) >= 11 is 0. The second-order valence-electron chi connectivity index (χ2n) is 4.27. The van der Waals surface area contributed by atoms with Gasteiger partial charge in [0.2, 0.25) is 5.88 Å². The van der Waals surface area contributed by atoms with Crippen molar-refractivity contribution >= 4 is 0 Å². The van der Waals surface area contributed by atoms with E-state index in [0.717, 1.165) is 18.2 Å². The van der Waals surface area contributed by atoms with E-state index < -0.39 is 0 Å². The standard InChI is InChI=1S/C12H19N3O/c1-15(11-3-4-11)6-7-16-12-5-2-10(8-13)9-14-12/h2,5,9,11H,3-4,6-8,13H2,1H3. The molecule has 1 aliphatic carbocycles. The third kappa shape index (κ3) is 3.18. The average molecular weight is 221 g/mol. The number of ether oxygens (including phenoxy) is 1. The van der Waals surface area contributed by atoms with Crippen LogP contribution in [0.15, 0.2) is 18.3 Å². The van der Waals surface area contributed by atoms with Crippen molar-refractivity contribution in [2.75, 3.05) is 20.2 Å². The molecule has 4 nitrogen and oxygen atoms in total. The second-order valence-corrected chi connectivity index (χ2v) is 4.27. The molecule has 0 atom stereocenters. The Labute approximate surface area is 96.4 Å². The molecule has 0 aliphatic heterocycles. The third-order valence-electron chi connectivity index (χ3n) is 2.90. The lowest BCUT2D eigenvalue weighted by molar-refractivity contribution is 0.226. The molecule has 1 aromatic heterocycles. The fraction of sp³-hybridized carbons (Fsp3) is 0.583. The minimum Gasteiger partial charge on any atom is -0.476 e. The Morgan fingerprint density at radius 1 is 1.50 bits per heavy atom. The van der Waals surface area contributed by atoms with Crippen molar-refractivity contribution in [1.29, 1.82) is 0 Å². The van der Waals surface area contributed by atoms with Gasteiger partial charge < -0.3 is 15.4 Å². The lowest BCUT2D eigenvalue weighted by Gasteiger charge is -2.15. The summed E-state index contributed by atoms with van der Waals surface area (Å²) in [5, 5.41) is 0. The first-order chi connectivity index (χ1) is 7.79. The van der Waals surface area contributed by atoms with Gasteiger partial charge in [0.1, 0.15) is 6.61 Å². The molecule has 0 spiro atoms. The van der Waals surface area contributed by atoms with Gasteiger partial charge >= 0.3 is 0 Å². The number of aromatic nitrogens is 1. The zero-order valence-corrected chi connectivity index (χ0v) is 9.72. The molecule has 1 fully saturated rings. The maximum absolute atomic E-state index is 5.56. The lowest BCUT2D eigenvalue weighted by Crippen LogP contribution is -2.26. The Hall–Kier alpha value is -1.13. The normalized spacial score (nSPS) is 15.4. The molecule has 0 bridgehead atoms. The van der Waals surface area contributed by atoms with Crippen LogP contribution in [0.2, 0.25) is 0 Å². The van der Waals surface area contributed by atoms with Crippen molar-refractivity contribution in [3.63, 3.8) is 0 Å². The van der Waals surface area contributed by atoms with Crippen LogP contribution in [-0.4, -0.2) is 36.1 Å². The van der Waals surface area contributed by atoms with Crippen LogP contribution in [0.25, 0.3) is 0 Å². The molecule has 2 N–H and O–H groups in total. The van der Waals surface area contributed by atoms with Gasteiger partial charge in [0.05, 0.1) is 0 Å². The van der Waals surface area contributed by atoms with Gasteiger partial charge in [0.25, 0.3) is 0 Å². The van der Waals surface area contributed by atoms with Crippen LogP contribution in [0, 0.1) is 0 Å². The topological polar surface area (TPSA) is 51.4 Å². The minimum atomic E-state index is 0.525. The highest BCUT2D eigenvalue weighted by molar-refractivity contribution is 5.17. The molecule has 1 saturated carbocycles. The highest BCUT2D eigenvalue weighted by Gasteiger charge is 2.25. The van der Waals surface area contributed by atoms with Crippen LogP contribution >= 0.6 is 0 Å². The Morgan fingerprint density at radius 2 is 2.31 bits per heavy atom. The van der Waals surface area contributed by atoms with E-state index in [4.69, 9.17) is 10.5 Å². The lowest BCUT2D eigenvalue weighted by atomic mass is 10.3. The summed E-state index contributed by atoms with van der Waals surface area (Å²) in [6.07, 6.45) is 4.43. The fourth-order valence-electron chi connectivity index (χ4n) is 1.61. The number of rotatable bonds is 6. The predicted molar refractivity (Wildman–Crippen MR) is 63.3 cm³/mol. The smallest absolute Gasteiger partial charge is 0.213 e. The fourth-order valence-corrected chi connectivity index (χ4v) is 1.61. The van der Waals surface area contributed by atoms with Crippen LogP contribution in [-0.2, 0) is 6.54 Å². The Kier molecular flexibility index (Phi) is 3.74. The van der Waals surface area contributed by atoms with E-state index in [9.17, 15) is 0 Å². The van der Waals surface area contributed by atoms with Crippen molar-refractivity contribution in [1.82, 2.24) is 9.88 Å². The Balaban J connectivity index is 1.71. The summed E-state index contributed by atoms with van der Waals surface area (Å²) < 4.78 is 5.56. The summed E-state index contributed by atoms with van der Waals surface area (Å²) in [5.41, 5.74) is 6.52. The van der Waals surface area contributed by atoms with Gasteiger partial charge in [-0.15, -0.1) is 0 Å². The third-order valence-corrected chi connectivity index (χ3v) is 2.90. The first-order valence-corrected chi connectivity index (χ1v) is 5.77. The van der Waals surface area contributed by atoms with Gasteiger partial charge in [-0.1, -0.05) is 6.07 Å². The van der Waals surface area contributed by atoms with Crippen LogP contribution in [0.4, 0.5) is 0 Å². The van der Waals surface area contributed by atoms with E-state index in [0.29, 0.717) is 19.0 Å². The predicted octanol–water partition coefficient (Wildman–Crippen LogP) is 1.01. The Morgan fingerprint density at radius 3 is 2.88 bits per heavy atom. The summed E-state index contributed by atoms with van der Waals surface area (Å²) in [5.74, 6) is 0.682. The van der Waals surface area contributed by atoms with E-state index in [1.807, 2.05) is 12.1 Å². The largest absolute Gasteiger partial charge is 0.476 e. The highest BCUT2D eigenvalue weighted by atomic mass is 16.5. The van der Waals surface area contributed by atoms with Crippen LogP contribution in [0.5, 0.6) is 5.88 Å². The van der Waals surface area contributed by atoms with E-state index in [1.165, 1.54) is 12.8 Å². The molecule has 0 saturated heterocycles. The van der Waals surface area contributed by atoms with Gasteiger partial charge in [-0.05, 0) is 25.5 Å². The van der Waals surface area contributed by atoms with Gasteiger partial charge in [-0.3, -0.25) is 0 Å². The van der Waals surface area contributed by atoms with Gasteiger partial charge in [0.15, 0.2) is 0 Å². The number of nitrogens with zero attached hydrogens (tertiary/aromatic N) is 2. The van der Waals surface area contributed by atoms with Crippen molar-refractivity contribution in [3.8, 4) is 5.88 Å². The van der Waals surface area contributed by atoms with Gasteiger partial charge in [-0.2, -0.15) is 0 Å². The van der Waals surface area contributed by atoms with E-state index >= 15 is 0 Å². The molecule has 0 unspecified atom stereocenters. The quantitative estimate of drug-likeness (QED) is 0.779. The maximum Gasteiger partial charge on any atom is 0.213 e. The molecule has 0 amide bonds. The van der Waals surface area contributed by atoms with E-state index in [1.54, 1.807) is 6.20 Å². The SMILES string of the molecule is CN(CCOc1ccc(CN)cn1)C1CC1. The van der Waals surface area contributed by atoms with E-state index in [2.05, 4.69) is 16.9 Å². The summed E-state index contributed by atoms with van der Waals surface area (Å²) in [6.45, 7) is 2.19.